The first-order valence-electron chi connectivity index (χ1n) is 8.95. The van der Waals surface area contributed by atoms with Crippen LogP contribution in [0.1, 0.15) is 36.0 Å². The van der Waals surface area contributed by atoms with Gasteiger partial charge in [0.25, 0.3) is 0 Å². The molecule has 3 rings (SSSR count). The Kier molecular flexibility index (Phi) is 6.06. The van der Waals surface area contributed by atoms with Crippen LogP contribution in [0.2, 0.25) is 0 Å². The maximum absolute atomic E-state index is 11.9. The summed E-state index contributed by atoms with van der Waals surface area (Å²) in [5.41, 5.74) is 3.41. The van der Waals surface area contributed by atoms with Gasteiger partial charge in [-0.3, -0.25) is 9.59 Å². The Hall–Kier alpha value is -3.33. The summed E-state index contributed by atoms with van der Waals surface area (Å²) in [6.45, 7) is 0.855. The Labute approximate surface area is 158 Å². The zero-order valence-electron chi connectivity index (χ0n) is 15.0. The zero-order chi connectivity index (χ0) is 19.1. The van der Waals surface area contributed by atoms with Crippen molar-refractivity contribution >= 4 is 17.5 Å². The summed E-state index contributed by atoms with van der Waals surface area (Å²) < 4.78 is 5.71. The van der Waals surface area contributed by atoms with Crippen LogP contribution in [0.5, 0.6) is 5.75 Å². The van der Waals surface area contributed by atoms with Crippen LogP contribution >= 0.6 is 0 Å². The molecular formula is C21H21N3O3. The van der Waals surface area contributed by atoms with E-state index >= 15 is 0 Å². The molecule has 0 unspecified atom stereocenters. The van der Waals surface area contributed by atoms with Crippen molar-refractivity contribution in [2.45, 2.75) is 32.2 Å². The van der Waals surface area contributed by atoms with Crippen LogP contribution in [0.25, 0.3) is 0 Å². The average Bonchev–Trinajstić information content (AvgIpc) is 2.70. The molecule has 2 N–H and O–H groups in total. The third kappa shape index (κ3) is 5.32. The summed E-state index contributed by atoms with van der Waals surface area (Å²) in [7, 11) is 0. The number of nitriles is 1. The normalized spacial score (nSPS) is 12.5. The van der Waals surface area contributed by atoms with Crippen LogP contribution in [-0.4, -0.2) is 18.4 Å². The van der Waals surface area contributed by atoms with Gasteiger partial charge in [-0.2, -0.15) is 5.26 Å². The quantitative estimate of drug-likeness (QED) is 0.740. The Bertz CT molecular complexity index is 886. The smallest absolute Gasteiger partial charge is 0.224 e. The van der Waals surface area contributed by atoms with E-state index in [1.807, 2.05) is 24.3 Å². The number of amides is 2. The van der Waals surface area contributed by atoms with Crippen molar-refractivity contribution in [3.63, 3.8) is 0 Å². The van der Waals surface area contributed by atoms with Crippen molar-refractivity contribution < 1.29 is 14.3 Å². The fourth-order valence-electron chi connectivity index (χ4n) is 2.91. The van der Waals surface area contributed by atoms with Gasteiger partial charge in [0, 0.05) is 25.1 Å². The Morgan fingerprint density at radius 1 is 1.22 bits per heavy atom. The second kappa shape index (κ2) is 8.86. The summed E-state index contributed by atoms with van der Waals surface area (Å²) in [6, 6.07) is 14.9. The highest BCUT2D eigenvalue weighted by atomic mass is 16.5. The summed E-state index contributed by atoms with van der Waals surface area (Å²) in [6.07, 6.45) is 2.19. The van der Waals surface area contributed by atoms with Gasteiger partial charge in [0.05, 0.1) is 18.2 Å². The fraction of sp³-hybridized carbons (Fsp3) is 0.286. The van der Waals surface area contributed by atoms with Gasteiger partial charge in [-0.05, 0) is 54.3 Å². The molecule has 0 spiro atoms. The molecule has 2 amide bonds. The van der Waals surface area contributed by atoms with Crippen molar-refractivity contribution in [1.29, 1.82) is 5.26 Å². The molecule has 6 nitrogen and oxygen atoms in total. The minimum Gasteiger partial charge on any atom is -0.494 e. The van der Waals surface area contributed by atoms with E-state index in [9.17, 15) is 9.59 Å². The molecule has 0 saturated heterocycles. The first-order valence-corrected chi connectivity index (χ1v) is 8.95. The highest BCUT2D eigenvalue weighted by Gasteiger charge is 2.15. The topological polar surface area (TPSA) is 91.2 Å². The largest absolute Gasteiger partial charge is 0.494 e. The molecule has 0 aliphatic carbocycles. The van der Waals surface area contributed by atoms with E-state index < -0.39 is 0 Å². The minimum atomic E-state index is -0.0471. The number of nitrogens with zero attached hydrogens (tertiary/aromatic N) is 1. The number of hydrogen-bond acceptors (Lipinski definition) is 4. The molecule has 0 saturated carbocycles. The predicted molar refractivity (Wildman–Crippen MR) is 101 cm³/mol. The van der Waals surface area contributed by atoms with Crippen molar-refractivity contribution in [3.8, 4) is 11.8 Å². The lowest BCUT2D eigenvalue weighted by Crippen LogP contribution is -2.23. The number of ether oxygens (including phenoxy) is 1. The van der Waals surface area contributed by atoms with Crippen LogP contribution in [0.4, 0.5) is 5.69 Å². The molecule has 0 aromatic heterocycles. The van der Waals surface area contributed by atoms with Gasteiger partial charge in [-0.1, -0.05) is 12.1 Å². The SMILES string of the molecule is N#Cc1cccc(CNC(=O)CCCOc2ccc3c(c2)CCC(=O)N3)c1. The van der Waals surface area contributed by atoms with E-state index in [1.165, 1.54) is 0 Å². The number of anilines is 1. The van der Waals surface area contributed by atoms with E-state index in [0.717, 1.165) is 22.6 Å². The number of carbonyl (C=O) groups excluding carboxylic acids is 2. The molecule has 1 heterocycles. The van der Waals surface area contributed by atoms with Crippen LogP contribution in [0, 0.1) is 11.3 Å². The van der Waals surface area contributed by atoms with E-state index in [0.29, 0.717) is 44.4 Å². The number of rotatable bonds is 7. The summed E-state index contributed by atoms with van der Waals surface area (Å²) >= 11 is 0. The van der Waals surface area contributed by atoms with E-state index in [-0.39, 0.29) is 11.8 Å². The minimum absolute atomic E-state index is 0.0431. The molecule has 138 valence electrons. The number of carbonyl (C=O) groups is 2. The standard InChI is InChI=1S/C21H21N3O3/c22-13-15-3-1-4-16(11-15)14-23-20(25)5-2-10-27-18-7-8-19-17(12-18)6-9-21(26)24-19/h1,3-4,7-8,11-12H,2,5-6,9-10,14H2,(H,23,25)(H,24,26). The second-order valence-electron chi connectivity index (χ2n) is 6.41. The van der Waals surface area contributed by atoms with Gasteiger partial charge < -0.3 is 15.4 Å². The Balaban J connectivity index is 1.38. The second-order valence-corrected chi connectivity index (χ2v) is 6.41. The Morgan fingerprint density at radius 2 is 2.11 bits per heavy atom. The summed E-state index contributed by atoms with van der Waals surface area (Å²) in [4.78, 5) is 23.3. The van der Waals surface area contributed by atoms with Gasteiger partial charge in [0.1, 0.15) is 5.75 Å². The lowest BCUT2D eigenvalue weighted by Gasteiger charge is -2.17. The molecule has 2 aromatic rings. The fourth-order valence-corrected chi connectivity index (χ4v) is 2.91. The first-order chi connectivity index (χ1) is 13.1. The number of aryl methyl sites for hydroxylation is 1. The monoisotopic (exact) mass is 363 g/mol. The average molecular weight is 363 g/mol. The maximum atomic E-state index is 11.9. The van der Waals surface area contributed by atoms with Crippen molar-refractivity contribution in [2.24, 2.45) is 0 Å². The molecular weight excluding hydrogens is 342 g/mol. The zero-order valence-corrected chi connectivity index (χ0v) is 15.0. The van der Waals surface area contributed by atoms with Crippen molar-refractivity contribution in [2.75, 3.05) is 11.9 Å². The molecule has 2 aromatic carbocycles. The number of benzene rings is 2. The molecule has 6 heteroatoms. The van der Waals surface area contributed by atoms with E-state index in [1.54, 1.807) is 18.2 Å². The number of hydrogen-bond donors (Lipinski definition) is 2. The lowest BCUT2D eigenvalue weighted by atomic mass is 10.0. The number of fused-ring (bicyclic) bond motifs is 1. The van der Waals surface area contributed by atoms with Crippen LogP contribution < -0.4 is 15.4 Å². The summed E-state index contributed by atoms with van der Waals surface area (Å²) in [5.74, 6) is 0.745. The van der Waals surface area contributed by atoms with Crippen LogP contribution in [0.3, 0.4) is 0 Å². The molecule has 27 heavy (non-hydrogen) atoms. The van der Waals surface area contributed by atoms with E-state index in [2.05, 4.69) is 16.7 Å². The van der Waals surface area contributed by atoms with Crippen LogP contribution in [-0.2, 0) is 22.6 Å². The van der Waals surface area contributed by atoms with Crippen molar-refractivity contribution in [3.05, 3.63) is 59.2 Å². The third-order valence-corrected chi connectivity index (χ3v) is 4.33. The lowest BCUT2D eigenvalue weighted by molar-refractivity contribution is -0.121. The van der Waals surface area contributed by atoms with Gasteiger partial charge in [0.2, 0.25) is 11.8 Å². The molecule has 1 aliphatic rings. The maximum Gasteiger partial charge on any atom is 0.224 e. The molecule has 0 atom stereocenters. The first kappa shape index (κ1) is 18.5. The predicted octanol–water partition coefficient (Wildman–Crippen LogP) is 2.92. The third-order valence-electron chi connectivity index (χ3n) is 4.33. The molecule has 0 fully saturated rings. The number of nitrogens with one attached hydrogen (secondary N) is 2. The highest BCUT2D eigenvalue weighted by Crippen LogP contribution is 2.26. The van der Waals surface area contributed by atoms with Gasteiger partial charge >= 0.3 is 0 Å². The highest BCUT2D eigenvalue weighted by molar-refractivity contribution is 5.94. The van der Waals surface area contributed by atoms with E-state index in [4.69, 9.17) is 10.00 Å². The molecule has 1 aliphatic heterocycles. The van der Waals surface area contributed by atoms with Crippen LogP contribution in [0.15, 0.2) is 42.5 Å². The van der Waals surface area contributed by atoms with Gasteiger partial charge in [-0.25, -0.2) is 0 Å². The van der Waals surface area contributed by atoms with Gasteiger partial charge in [-0.15, -0.1) is 0 Å². The Morgan fingerprint density at radius 3 is 2.96 bits per heavy atom. The molecule has 0 radical (unpaired) electrons. The van der Waals surface area contributed by atoms with Gasteiger partial charge in [0.15, 0.2) is 0 Å². The molecule has 0 bridgehead atoms. The van der Waals surface area contributed by atoms with Crippen molar-refractivity contribution in [1.82, 2.24) is 5.32 Å². The summed E-state index contributed by atoms with van der Waals surface area (Å²) in [5, 5.41) is 14.6.